The van der Waals surface area contributed by atoms with Gasteiger partial charge in [0.15, 0.2) is 11.9 Å². The summed E-state index contributed by atoms with van der Waals surface area (Å²) in [5, 5.41) is 0. The molecule has 0 spiro atoms. The van der Waals surface area contributed by atoms with Crippen LogP contribution in [0, 0.1) is 0 Å². The normalized spacial score (nSPS) is 24.2. The van der Waals surface area contributed by atoms with Crippen LogP contribution >= 0.6 is 0 Å². The number of nitrogens with zero attached hydrogens (tertiary/aromatic N) is 2. The van der Waals surface area contributed by atoms with E-state index in [0.29, 0.717) is 23.7 Å². The lowest BCUT2D eigenvalue weighted by molar-refractivity contribution is 0.335. The van der Waals surface area contributed by atoms with E-state index in [-0.39, 0.29) is 0 Å². The summed E-state index contributed by atoms with van der Waals surface area (Å²) in [5.41, 5.74) is 13.4. The first-order valence-corrected chi connectivity index (χ1v) is 5.35. The van der Waals surface area contributed by atoms with E-state index in [1.165, 1.54) is 0 Å². The van der Waals surface area contributed by atoms with Crippen molar-refractivity contribution in [1.29, 1.82) is 0 Å². The number of rotatable bonds is 2. The molecule has 16 heavy (non-hydrogen) atoms. The minimum absolute atomic E-state index is 0.449. The molecule has 1 fully saturated rings. The van der Waals surface area contributed by atoms with E-state index in [1.54, 1.807) is 0 Å². The van der Waals surface area contributed by atoms with Crippen LogP contribution in [-0.2, 0) is 0 Å². The van der Waals surface area contributed by atoms with Crippen LogP contribution in [0.25, 0.3) is 0 Å². The number of hydrogen-bond donors (Lipinski definition) is 4. The Labute approximate surface area is 92.5 Å². The molecule has 0 bridgehead atoms. The summed E-state index contributed by atoms with van der Waals surface area (Å²) >= 11 is 0. The van der Waals surface area contributed by atoms with E-state index in [0.717, 1.165) is 24.2 Å². The van der Waals surface area contributed by atoms with Crippen molar-refractivity contribution < 1.29 is 0 Å². The molecule has 84 valence electrons. The third-order valence-electron chi connectivity index (χ3n) is 3.30. The van der Waals surface area contributed by atoms with Crippen molar-refractivity contribution in [3.05, 3.63) is 23.8 Å². The van der Waals surface area contributed by atoms with Gasteiger partial charge in [-0.2, -0.15) is 0 Å². The Kier molecular flexibility index (Phi) is 1.89. The van der Waals surface area contributed by atoms with Gasteiger partial charge in [0, 0.05) is 23.2 Å². The number of hydrogen-bond acceptors (Lipinski definition) is 4. The zero-order chi connectivity index (χ0) is 11.1. The van der Waals surface area contributed by atoms with Crippen molar-refractivity contribution >= 4 is 11.9 Å². The highest BCUT2D eigenvalue weighted by Crippen LogP contribution is 2.48. The smallest absolute Gasteiger partial charge is 0.197 e. The molecule has 1 aliphatic carbocycles. The molecule has 6 N–H and O–H groups in total. The molecular formula is C10H14N6. The van der Waals surface area contributed by atoms with Crippen molar-refractivity contribution in [3.8, 4) is 0 Å². The summed E-state index contributed by atoms with van der Waals surface area (Å²) in [6.45, 7) is 0. The zero-order valence-corrected chi connectivity index (χ0v) is 8.77. The summed E-state index contributed by atoms with van der Waals surface area (Å²) < 4.78 is 0. The number of aromatic amines is 2. The van der Waals surface area contributed by atoms with Gasteiger partial charge < -0.3 is 21.4 Å². The largest absolute Gasteiger partial charge is 0.369 e. The molecule has 2 aromatic rings. The second-order valence-corrected chi connectivity index (χ2v) is 4.24. The molecule has 2 atom stereocenters. The summed E-state index contributed by atoms with van der Waals surface area (Å²) in [6.07, 6.45) is 5.91. The second-order valence-electron chi connectivity index (χ2n) is 4.24. The van der Waals surface area contributed by atoms with Crippen LogP contribution in [0.15, 0.2) is 12.4 Å². The van der Waals surface area contributed by atoms with Crippen molar-refractivity contribution in [3.63, 3.8) is 0 Å². The maximum absolute atomic E-state index is 5.58. The van der Waals surface area contributed by atoms with E-state index in [9.17, 15) is 0 Å². The van der Waals surface area contributed by atoms with Crippen LogP contribution in [-0.4, -0.2) is 19.9 Å². The minimum Gasteiger partial charge on any atom is -0.369 e. The van der Waals surface area contributed by atoms with Gasteiger partial charge in [-0.25, -0.2) is 9.97 Å². The van der Waals surface area contributed by atoms with Crippen LogP contribution < -0.4 is 11.5 Å². The molecule has 3 rings (SSSR count). The van der Waals surface area contributed by atoms with E-state index in [1.807, 2.05) is 12.4 Å². The Bertz CT molecular complexity index is 453. The molecule has 2 aromatic heterocycles. The third-order valence-corrected chi connectivity index (χ3v) is 3.30. The number of anilines is 2. The van der Waals surface area contributed by atoms with Crippen LogP contribution in [0.2, 0.25) is 0 Å². The Morgan fingerprint density at radius 3 is 1.62 bits per heavy atom. The van der Waals surface area contributed by atoms with Gasteiger partial charge in [0.1, 0.15) is 0 Å². The lowest BCUT2D eigenvalue weighted by Gasteiger charge is -2.34. The highest BCUT2D eigenvalue weighted by Gasteiger charge is 2.35. The molecule has 0 amide bonds. The van der Waals surface area contributed by atoms with E-state index in [2.05, 4.69) is 19.9 Å². The average molecular weight is 218 g/mol. The summed E-state index contributed by atoms with van der Waals surface area (Å²) in [7, 11) is 0. The minimum atomic E-state index is 0.449. The van der Waals surface area contributed by atoms with Gasteiger partial charge in [-0.05, 0) is 12.8 Å². The standard InChI is InChI=1S/C10H14N6/c11-9-13-3-7(15-9)5-1-2-6(5)8-4-14-10(12)16-8/h3-6H,1-2H2,(H3,11,13,15)(H3,12,14,16)/t5-,6-/m0/s1. The Morgan fingerprint density at radius 1 is 0.938 bits per heavy atom. The molecule has 6 heteroatoms. The van der Waals surface area contributed by atoms with Crippen molar-refractivity contribution in [2.24, 2.45) is 0 Å². The predicted molar refractivity (Wildman–Crippen MR) is 60.7 cm³/mol. The predicted octanol–water partition coefficient (Wildman–Crippen LogP) is 0.958. The first-order valence-electron chi connectivity index (χ1n) is 5.35. The fourth-order valence-corrected chi connectivity index (χ4v) is 2.32. The quantitative estimate of drug-likeness (QED) is 0.601. The molecule has 0 aromatic carbocycles. The van der Waals surface area contributed by atoms with Gasteiger partial charge in [0.05, 0.1) is 12.4 Å². The fourth-order valence-electron chi connectivity index (χ4n) is 2.32. The van der Waals surface area contributed by atoms with Gasteiger partial charge in [-0.15, -0.1) is 0 Å². The van der Waals surface area contributed by atoms with Crippen LogP contribution in [0.3, 0.4) is 0 Å². The average Bonchev–Trinajstić information content (AvgIpc) is 2.75. The lowest BCUT2D eigenvalue weighted by Crippen LogP contribution is -2.22. The van der Waals surface area contributed by atoms with Gasteiger partial charge in [0.2, 0.25) is 0 Å². The number of H-pyrrole nitrogens is 2. The van der Waals surface area contributed by atoms with E-state index < -0.39 is 0 Å². The maximum atomic E-state index is 5.58. The molecule has 1 aliphatic rings. The molecule has 6 nitrogen and oxygen atoms in total. The number of nitrogen functional groups attached to an aromatic ring is 2. The maximum Gasteiger partial charge on any atom is 0.197 e. The van der Waals surface area contributed by atoms with Crippen LogP contribution in [0.5, 0.6) is 0 Å². The highest BCUT2D eigenvalue weighted by molar-refractivity contribution is 5.29. The van der Waals surface area contributed by atoms with Gasteiger partial charge in [0.25, 0.3) is 0 Å². The monoisotopic (exact) mass is 218 g/mol. The van der Waals surface area contributed by atoms with Crippen molar-refractivity contribution in [1.82, 2.24) is 19.9 Å². The second kappa shape index (κ2) is 3.26. The van der Waals surface area contributed by atoms with Gasteiger partial charge in [-0.3, -0.25) is 0 Å². The number of nitrogens with two attached hydrogens (primary N) is 2. The molecule has 2 heterocycles. The molecule has 0 unspecified atom stereocenters. The van der Waals surface area contributed by atoms with Crippen molar-refractivity contribution in [2.75, 3.05) is 11.5 Å². The molecule has 0 saturated heterocycles. The highest BCUT2D eigenvalue weighted by atomic mass is 15.0. The van der Waals surface area contributed by atoms with Crippen LogP contribution in [0.1, 0.15) is 36.1 Å². The van der Waals surface area contributed by atoms with Crippen molar-refractivity contribution in [2.45, 2.75) is 24.7 Å². The Morgan fingerprint density at radius 2 is 1.38 bits per heavy atom. The van der Waals surface area contributed by atoms with E-state index >= 15 is 0 Å². The first kappa shape index (κ1) is 9.26. The Hall–Kier alpha value is -1.98. The fraction of sp³-hybridized carbons (Fsp3) is 0.400. The first-order chi connectivity index (χ1) is 7.74. The number of aromatic nitrogens is 4. The number of nitrogens with one attached hydrogen (secondary N) is 2. The molecule has 0 radical (unpaired) electrons. The van der Waals surface area contributed by atoms with Gasteiger partial charge in [-0.1, -0.05) is 0 Å². The summed E-state index contributed by atoms with van der Waals surface area (Å²) in [6, 6.07) is 0. The van der Waals surface area contributed by atoms with Crippen LogP contribution in [0.4, 0.5) is 11.9 Å². The zero-order valence-electron chi connectivity index (χ0n) is 8.77. The lowest BCUT2D eigenvalue weighted by atomic mass is 9.70. The van der Waals surface area contributed by atoms with E-state index in [4.69, 9.17) is 11.5 Å². The SMILES string of the molecule is Nc1ncc([C@H]2CC[C@@H]2c2cnc(N)[nH]2)[nH]1. The molecule has 1 saturated carbocycles. The molecular weight excluding hydrogens is 204 g/mol. The molecule has 0 aliphatic heterocycles. The Balaban J connectivity index is 1.84. The number of imidazole rings is 2. The third kappa shape index (κ3) is 1.34. The summed E-state index contributed by atoms with van der Waals surface area (Å²) in [5.74, 6) is 1.85. The van der Waals surface area contributed by atoms with Gasteiger partial charge >= 0.3 is 0 Å². The summed E-state index contributed by atoms with van der Waals surface area (Å²) in [4.78, 5) is 14.2. The topological polar surface area (TPSA) is 109 Å².